The molecule has 4 heteroatoms. The molecule has 0 heterocycles. The summed E-state index contributed by atoms with van der Waals surface area (Å²) in [5, 5.41) is 9.14. The maximum absolute atomic E-state index is 13.9. The van der Waals surface area contributed by atoms with Crippen LogP contribution in [0.4, 0.5) is 4.39 Å². The molecule has 20 heavy (non-hydrogen) atoms. The van der Waals surface area contributed by atoms with Crippen LogP contribution in [0.15, 0.2) is 42.5 Å². The van der Waals surface area contributed by atoms with E-state index < -0.39 is 17.5 Å². The number of benzene rings is 2. The van der Waals surface area contributed by atoms with Crippen LogP contribution in [0, 0.1) is 24.1 Å². The lowest BCUT2D eigenvalue weighted by molar-refractivity contribution is 0.0974. The van der Waals surface area contributed by atoms with Crippen LogP contribution in [0.1, 0.15) is 27.4 Å². The van der Waals surface area contributed by atoms with Crippen LogP contribution in [0.3, 0.4) is 0 Å². The van der Waals surface area contributed by atoms with Crippen LogP contribution in [0.25, 0.3) is 0 Å². The Bertz CT molecular complexity index is 706. The van der Waals surface area contributed by atoms with Gasteiger partial charge in [0.05, 0.1) is 16.7 Å². The molecule has 1 atom stereocenters. The standard InChI is InChI=1S/C16H11ClFNO/c1-10-5-2-3-6-11(10)13(9-19)16(20)12-7-4-8-14(17)15(12)18/h2-8,13H,1H3. The first-order valence-corrected chi connectivity index (χ1v) is 6.37. The molecule has 0 aliphatic carbocycles. The molecule has 2 aromatic carbocycles. The topological polar surface area (TPSA) is 40.9 Å². The van der Waals surface area contributed by atoms with Crippen LogP contribution < -0.4 is 0 Å². The molecule has 0 amide bonds. The van der Waals surface area contributed by atoms with E-state index in [2.05, 4.69) is 0 Å². The van der Waals surface area contributed by atoms with E-state index in [1.165, 1.54) is 18.2 Å². The summed E-state index contributed by atoms with van der Waals surface area (Å²) in [5.41, 5.74) is 1.24. The zero-order valence-electron chi connectivity index (χ0n) is 10.7. The lowest BCUT2D eigenvalue weighted by Crippen LogP contribution is -2.14. The summed E-state index contributed by atoms with van der Waals surface area (Å²) in [7, 11) is 0. The number of aryl methyl sites for hydroxylation is 1. The van der Waals surface area contributed by atoms with E-state index in [0.717, 1.165) is 5.56 Å². The number of ketones is 1. The largest absolute Gasteiger partial charge is 0.292 e. The van der Waals surface area contributed by atoms with Gasteiger partial charge in [-0.25, -0.2) is 4.39 Å². The summed E-state index contributed by atoms with van der Waals surface area (Å²) in [4.78, 5) is 12.4. The smallest absolute Gasteiger partial charge is 0.187 e. The number of carbonyl (C=O) groups excluding carboxylic acids is 1. The first-order valence-electron chi connectivity index (χ1n) is 5.99. The number of nitriles is 1. The molecule has 0 aliphatic rings. The van der Waals surface area contributed by atoms with E-state index in [9.17, 15) is 14.4 Å². The molecule has 100 valence electrons. The summed E-state index contributed by atoms with van der Waals surface area (Å²) < 4.78 is 13.9. The lowest BCUT2D eigenvalue weighted by Gasteiger charge is -2.12. The second kappa shape index (κ2) is 5.85. The molecular formula is C16H11ClFNO. The van der Waals surface area contributed by atoms with E-state index in [-0.39, 0.29) is 10.6 Å². The van der Waals surface area contributed by atoms with E-state index in [0.29, 0.717) is 5.56 Å². The van der Waals surface area contributed by atoms with Crippen molar-refractivity contribution in [1.82, 2.24) is 0 Å². The van der Waals surface area contributed by atoms with Crippen LogP contribution in [0.5, 0.6) is 0 Å². The van der Waals surface area contributed by atoms with Gasteiger partial charge in [0.1, 0.15) is 5.92 Å². The molecule has 0 aliphatic heterocycles. The number of nitrogens with zero attached hydrogens (tertiary/aromatic N) is 1. The minimum Gasteiger partial charge on any atom is -0.292 e. The molecule has 0 aromatic heterocycles. The molecule has 1 unspecified atom stereocenters. The van der Waals surface area contributed by atoms with Crippen molar-refractivity contribution >= 4 is 17.4 Å². The Morgan fingerprint density at radius 1 is 1.25 bits per heavy atom. The molecule has 0 saturated heterocycles. The van der Waals surface area contributed by atoms with Crippen molar-refractivity contribution in [2.45, 2.75) is 12.8 Å². The summed E-state index contributed by atoms with van der Waals surface area (Å²) in [5.74, 6) is -2.40. The molecule has 2 aromatic rings. The van der Waals surface area contributed by atoms with Gasteiger partial charge in [-0.15, -0.1) is 0 Å². The molecular weight excluding hydrogens is 277 g/mol. The third-order valence-corrected chi connectivity index (χ3v) is 3.40. The highest BCUT2D eigenvalue weighted by molar-refractivity contribution is 6.31. The van der Waals surface area contributed by atoms with Crippen LogP contribution in [-0.2, 0) is 0 Å². The van der Waals surface area contributed by atoms with Gasteiger partial charge in [0.25, 0.3) is 0 Å². The number of hydrogen-bond acceptors (Lipinski definition) is 2. The van der Waals surface area contributed by atoms with Gasteiger partial charge in [0.15, 0.2) is 11.6 Å². The summed E-state index contributed by atoms with van der Waals surface area (Å²) >= 11 is 5.67. The fourth-order valence-corrected chi connectivity index (χ4v) is 2.20. The summed E-state index contributed by atoms with van der Waals surface area (Å²) in [6, 6.07) is 13.2. The van der Waals surface area contributed by atoms with E-state index in [4.69, 9.17) is 11.6 Å². The average Bonchev–Trinajstić information content (AvgIpc) is 2.44. The number of hydrogen-bond donors (Lipinski definition) is 0. The van der Waals surface area contributed by atoms with Crippen molar-refractivity contribution in [2.75, 3.05) is 0 Å². The van der Waals surface area contributed by atoms with Gasteiger partial charge in [-0.1, -0.05) is 41.9 Å². The minimum absolute atomic E-state index is 0.127. The SMILES string of the molecule is Cc1ccccc1C(C#N)C(=O)c1cccc(Cl)c1F. The zero-order chi connectivity index (χ0) is 14.7. The van der Waals surface area contributed by atoms with Gasteiger partial charge < -0.3 is 0 Å². The van der Waals surface area contributed by atoms with Crippen LogP contribution in [-0.4, -0.2) is 5.78 Å². The zero-order valence-corrected chi connectivity index (χ0v) is 11.5. The number of carbonyl (C=O) groups is 1. The van der Waals surface area contributed by atoms with Crippen molar-refractivity contribution in [2.24, 2.45) is 0 Å². The Labute approximate surface area is 121 Å². The number of halogens is 2. The first-order chi connectivity index (χ1) is 9.56. The van der Waals surface area contributed by atoms with E-state index in [1.807, 2.05) is 12.1 Å². The predicted molar refractivity (Wildman–Crippen MR) is 75.3 cm³/mol. The van der Waals surface area contributed by atoms with Crippen molar-refractivity contribution in [3.63, 3.8) is 0 Å². The Morgan fingerprint density at radius 2 is 1.95 bits per heavy atom. The maximum atomic E-state index is 13.9. The molecule has 0 radical (unpaired) electrons. The van der Waals surface area contributed by atoms with Crippen molar-refractivity contribution in [3.8, 4) is 6.07 Å². The third kappa shape index (κ3) is 2.56. The Hall–Kier alpha value is -2.18. The second-order valence-electron chi connectivity index (χ2n) is 4.38. The van der Waals surface area contributed by atoms with Crippen molar-refractivity contribution in [1.29, 1.82) is 5.26 Å². The Balaban J connectivity index is 2.49. The van der Waals surface area contributed by atoms with Crippen molar-refractivity contribution < 1.29 is 9.18 Å². The van der Waals surface area contributed by atoms with Gasteiger partial charge in [-0.2, -0.15) is 5.26 Å². The van der Waals surface area contributed by atoms with Gasteiger partial charge in [-0.05, 0) is 30.2 Å². The Kier molecular flexibility index (Phi) is 4.16. The lowest BCUT2D eigenvalue weighted by atomic mass is 9.89. The molecule has 0 spiro atoms. The molecule has 0 N–H and O–H groups in total. The molecule has 0 bridgehead atoms. The van der Waals surface area contributed by atoms with Crippen molar-refractivity contribution in [3.05, 3.63) is 70.0 Å². The highest BCUT2D eigenvalue weighted by Crippen LogP contribution is 2.26. The van der Waals surface area contributed by atoms with Gasteiger partial charge in [0, 0.05) is 0 Å². The first kappa shape index (κ1) is 14.2. The van der Waals surface area contributed by atoms with Gasteiger partial charge in [0.2, 0.25) is 0 Å². The van der Waals surface area contributed by atoms with E-state index in [1.54, 1.807) is 25.1 Å². The maximum Gasteiger partial charge on any atom is 0.187 e. The quantitative estimate of drug-likeness (QED) is 0.791. The summed E-state index contributed by atoms with van der Waals surface area (Å²) in [6.07, 6.45) is 0. The second-order valence-corrected chi connectivity index (χ2v) is 4.79. The predicted octanol–water partition coefficient (Wildman–Crippen LogP) is 4.28. The minimum atomic E-state index is -1.04. The third-order valence-electron chi connectivity index (χ3n) is 3.11. The monoisotopic (exact) mass is 287 g/mol. The van der Waals surface area contributed by atoms with Crippen LogP contribution in [0.2, 0.25) is 5.02 Å². The average molecular weight is 288 g/mol. The number of rotatable bonds is 3. The molecule has 0 saturated carbocycles. The van der Waals surface area contributed by atoms with Gasteiger partial charge in [-0.3, -0.25) is 4.79 Å². The number of Topliss-reactive ketones (excluding diaryl/α,β-unsaturated/α-hetero) is 1. The molecule has 0 fully saturated rings. The molecule has 2 nitrogen and oxygen atoms in total. The normalized spacial score (nSPS) is 11.7. The Morgan fingerprint density at radius 3 is 2.60 bits per heavy atom. The van der Waals surface area contributed by atoms with Crippen LogP contribution >= 0.6 is 11.6 Å². The molecule has 2 rings (SSSR count). The fraction of sp³-hybridized carbons (Fsp3) is 0.125. The van der Waals surface area contributed by atoms with Gasteiger partial charge >= 0.3 is 0 Å². The van der Waals surface area contributed by atoms with E-state index >= 15 is 0 Å². The highest BCUT2D eigenvalue weighted by Gasteiger charge is 2.26. The summed E-state index contributed by atoms with van der Waals surface area (Å²) in [6.45, 7) is 1.81. The fourth-order valence-electron chi connectivity index (χ4n) is 2.03. The highest BCUT2D eigenvalue weighted by atomic mass is 35.5.